The van der Waals surface area contributed by atoms with Gasteiger partial charge in [0.25, 0.3) is 5.91 Å². The second-order valence-corrected chi connectivity index (χ2v) is 10.1. The molecule has 0 bridgehead atoms. The molecule has 0 saturated heterocycles. The van der Waals surface area contributed by atoms with Gasteiger partial charge < -0.3 is 9.47 Å². The van der Waals surface area contributed by atoms with Crippen molar-refractivity contribution in [2.24, 2.45) is 0 Å². The third-order valence-electron chi connectivity index (χ3n) is 5.60. The van der Waals surface area contributed by atoms with Crippen molar-refractivity contribution >= 4 is 28.8 Å². The zero-order chi connectivity index (χ0) is 26.1. The molecule has 0 radical (unpaired) electrons. The molecule has 3 aromatic rings. The molecule has 0 fully saturated rings. The molecule has 188 valence electrons. The molecule has 3 rings (SSSR count). The van der Waals surface area contributed by atoms with Crippen molar-refractivity contribution in [3.8, 4) is 17.7 Å². The van der Waals surface area contributed by atoms with Crippen LogP contribution in [0.15, 0.2) is 66.9 Å². The van der Waals surface area contributed by atoms with Crippen LogP contribution < -0.4 is 9.47 Å². The van der Waals surface area contributed by atoms with E-state index in [1.807, 2.05) is 78.3 Å². The summed E-state index contributed by atoms with van der Waals surface area (Å²) < 4.78 is 25.3. The number of alkyl halides is 1. The molecule has 1 aromatic heterocycles. The van der Waals surface area contributed by atoms with Crippen LogP contribution >= 0.6 is 22.9 Å². The van der Waals surface area contributed by atoms with Gasteiger partial charge in [-0.25, -0.2) is 9.37 Å². The first-order valence-electron chi connectivity index (χ1n) is 11.6. The molecule has 6 nitrogen and oxygen atoms in total. The summed E-state index contributed by atoms with van der Waals surface area (Å²) in [6.07, 6.45) is 2.33. The highest BCUT2D eigenvalue weighted by Crippen LogP contribution is 2.28. The molecule has 0 aliphatic heterocycles. The van der Waals surface area contributed by atoms with Gasteiger partial charge in [0.15, 0.2) is 5.60 Å². The fourth-order valence-electron chi connectivity index (χ4n) is 3.70. The van der Waals surface area contributed by atoms with Gasteiger partial charge in [0.1, 0.15) is 19.0 Å². The van der Waals surface area contributed by atoms with Crippen LogP contribution in [-0.4, -0.2) is 39.4 Å². The van der Waals surface area contributed by atoms with Crippen LogP contribution in [0.25, 0.3) is 0 Å². The van der Waals surface area contributed by atoms with Gasteiger partial charge >= 0.3 is 0 Å². The van der Waals surface area contributed by atoms with E-state index in [-0.39, 0.29) is 18.4 Å². The van der Waals surface area contributed by atoms with Crippen molar-refractivity contribution in [2.75, 3.05) is 19.8 Å². The fourth-order valence-corrected chi connectivity index (χ4v) is 4.76. The Kier molecular flexibility index (Phi) is 9.65. The molecule has 8 heteroatoms. The Bertz CT molecular complexity index is 1190. The van der Waals surface area contributed by atoms with Crippen LogP contribution in [0.1, 0.15) is 42.0 Å². The van der Waals surface area contributed by atoms with E-state index in [4.69, 9.17) is 9.47 Å². The number of benzene rings is 2. The Morgan fingerprint density at radius 2 is 1.94 bits per heavy atom. The number of nitriles is 1. The Morgan fingerprint density at radius 3 is 2.58 bits per heavy atom. The summed E-state index contributed by atoms with van der Waals surface area (Å²) in [5, 5.41) is 9.39. The number of pyridine rings is 1. The second kappa shape index (κ2) is 12.7. The number of aromatic nitrogens is 1. The van der Waals surface area contributed by atoms with E-state index >= 15 is 0 Å². The number of hydrogen-bond donors (Lipinski definition) is 0. The Labute approximate surface area is 225 Å². The van der Waals surface area contributed by atoms with Gasteiger partial charge in [-0.3, -0.25) is 7.91 Å². The number of rotatable bonds is 11. The van der Waals surface area contributed by atoms with Gasteiger partial charge in [-0.2, -0.15) is 5.26 Å². The van der Waals surface area contributed by atoms with Crippen molar-refractivity contribution < 1.29 is 18.7 Å². The minimum absolute atomic E-state index is 0.0186. The van der Waals surface area contributed by atoms with Gasteiger partial charge in [-0.1, -0.05) is 30.3 Å². The highest BCUT2D eigenvalue weighted by Gasteiger charge is 2.35. The van der Waals surface area contributed by atoms with Gasteiger partial charge in [0, 0.05) is 24.7 Å². The van der Waals surface area contributed by atoms with Crippen LogP contribution in [0.4, 0.5) is 4.39 Å². The summed E-state index contributed by atoms with van der Waals surface area (Å²) in [6.45, 7) is 5.27. The van der Waals surface area contributed by atoms with Gasteiger partial charge in [-0.05, 0) is 68.1 Å². The molecular formula is C28H29FIN3O3. The highest BCUT2D eigenvalue weighted by atomic mass is 127. The minimum Gasteiger partial charge on any atom is -0.491 e. The summed E-state index contributed by atoms with van der Waals surface area (Å²) in [5.41, 5.74) is 2.43. The summed E-state index contributed by atoms with van der Waals surface area (Å²) in [6, 6.07) is 20.8. The Morgan fingerprint density at radius 1 is 1.19 bits per heavy atom. The van der Waals surface area contributed by atoms with E-state index in [1.165, 1.54) is 0 Å². The molecule has 1 heterocycles. The second-order valence-electron chi connectivity index (χ2n) is 8.96. The maximum absolute atomic E-state index is 13.4. The van der Waals surface area contributed by atoms with E-state index in [9.17, 15) is 14.4 Å². The first-order valence-corrected chi connectivity index (χ1v) is 12.6. The van der Waals surface area contributed by atoms with Gasteiger partial charge in [0.05, 0.1) is 34.5 Å². The van der Waals surface area contributed by atoms with Gasteiger partial charge in [-0.15, -0.1) is 0 Å². The highest BCUT2D eigenvalue weighted by molar-refractivity contribution is 14.1. The zero-order valence-corrected chi connectivity index (χ0v) is 22.7. The number of carbonyl (C=O) groups excluding carboxylic acids is 1. The van der Waals surface area contributed by atoms with Crippen molar-refractivity contribution in [1.82, 2.24) is 8.10 Å². The minimum atomic E-state index is -1.13. The van der Waals surface area contributed by atoms with E-state index in [2.05, 4.69) is 11.1 Å². The van der Waals surface area contributed by atoms with E-state index in [1.54, 1.807) is 35.3 Å². The number of hydrogen-bond acceptors (Lipinski definition) is 5. The summed E-state index contributed by atoms with van der Waals surface area (Å²) in [5.74, 6) is 0.720. The number of aryl methyl sites for hydroxylation is 1. The molecular weight excluding hydrogens is 572 g/mol. The Balaban J connectivity index is 1.79. The number of amides is 1. The monoisotopic (exact) mass is 601 g/mol. The van der Waals surface area contributed by atoms with Crippen LogP contribution in [0, 0.1) is 18.3 Å². The summed E-state index contributed by atoms with van der Waals surface area (Å²) in [7, 11) is 0. The topological polar surface area (TPSA) is 75.4 Å². The maximum atomic E-state index is 13.4. The average molecular weight is 601 g/mol. The number of ether oxygens (including phenoxy) is 2. The van der Waals surface area contributed by atoms with Crippen LogP contribution in [0.3, 0.4) is 0 Å². The van der Waals surface area contributed by atoms with Crippen molar-refractivity contribution in [3.63, 3.8) is 0 Å². The van der Waals surface area contributed by atoms with Crippen molar-refractivity contribution in [1.29, 1.82) is 5.26 Å². The van der Waals surface area contributed by atoms with Crippen molar-refractivity contribution in [3.05, 3.63) is 89.1 Å². The lowest BCUT2D eigenvalue weighted by molar-refractivity contribution is -0.139. The first-order chi connectivity index (χ1) is 17.2. The zero-order valence-electron chi connectivity index (χ0n) is 20.6. The molecule has 0 spiro atoms. The van der Waals surface area contributed by atoms with E-state index in [0.717, 1.165) is 16.7 Å². The SMILES string of the molecule is Cc1ccc(OC(C)(C)C(=O)N(I)C[C@@H](Cc2ccc(OCCF)cc2)c2cccc(C#N)c2)nc1. The van der Waals surface area contributed by atoms with E-state index in [0.29, 0.717) is 30.2 Å². The van der Waals surface area contributed by atoms with Gasteiger partial charge in [0.2, 0.25) is 5.88 Å². The molecule has 0 unspecified atom stereocenters. The lowest BCUT2D eigenvalue weighted by Crippen LogP contribution is -2.46. The molecule has 1 atom stereocenters. The lowest BCUT2D eigenvalue weighted by Gasteiger charge is -2.30. The van der Waals surface area contributed by atoms with Crippen molar-refractivity contribution in [2.45, 2.75) is 38.7 Å². The molecule has 1 amide bonds. The third-order valence-corrected chi connectivity index (χ3v) is 6.43. The number of nitrogens with zero attached hydrogens (tertiary/aromatic N) is 3. The number of carbonyl (C=O) groups is 1. The first kappa shape index (κ1) is 27.4. The standard InChI is InChI=1S/C28H29FIN3O3/c1-20-7-12-26(32-18-20)36-28(2,3)27(34)33(30)19-24(23-6-4-5-22(16-23)17-31)15-21-8-10-25(11-9-21)35-14-13-29/h4-12,16,18,24H,13-15,19H2,1-3H3/t24-/m1/s1. The molecule has 0 N–H and O–H groups in total. The molecule has 0 saturated carbocycles. The summed E-state index contributed by atoms with van der Waals surface area (Å²) >= 11 is 2.03. The lowest BCUT2D eigenvalue weighted by atomic mass is 9.90. The Hall–Kier alpha value is -3.19. The predicted molar refractivity (Wildman–Crippen MR) is 145 cm³/mol. The smallest absolute Gasteiger partial charge is 0.274 e. The van der Waals surface area contributed by atoms with Crippen LogP contribution in [0.5, 0.6) is 11.6 Å². The average Bonchev–Trinajstić information content (AvgIpc) is 2.88. The van der Waals surface area contributed by atoms with Crippen LogP contribution in [0.2, 0.25) is 0 Å². The largest absolute Gasteiger partial charge is 0.491 e. The number of halogens is 2. The molecule has 36 heavy (non-hydrogen) atoms. The molecule has 2 aromatic carbocycles. The normalized spacial score (nSPS) is 11.9. The fraction of sp³-hybridized carbons (Fsp3) is 0.321. The molecule has 0 aliphatic carbocycles. The van der Waals surface area contributed by atoms with E-state index < -0.39 is 12.3 Å². The predicted octanol–water partition coefficient (Wildman–Crippen LogP) is 5.97. The summed E-state index contributed by atoms with van der Waals surface area (Å²) in [4.78, 5) is 17.6. The maximum Gasteiger partial charge on any atom is 0.274 e. The quantitative estimate of drug-likeness (QED) is 0.200. The molecule has 0 aliphatic rings. The third kappa shape index (κ3) is 7.65. The van der Waals surface area contributed by atoms with Crippen LogP contribution in [-0.2, 0) is 11.2 Å².